The average molecular weight is 248 g/mol. The quantitative estimate of drug-likeness (QED) is 0.629. The molecule has 0 fully saturated rings. The van der Waals surface area contributed by atoms with E-state index in [9.17, 15) is 4.79 Å². The van der Waals surface area contributed by atoms with Crippen LogP contribution in [-0.4, -0.2) is 49.2 Å². The Balaban J connectivity index is 3.31. The van der Waals surface area contributed by atoms with Crippen LogP contribution in [0.2, 0.25) is 0 Å². The Morgan fingerprint density at radius 2 is 1.76 bits per heavy atom. The van der Waals surface area contributed by atoms with Gasteiger partial charge in [-0.2, -0.15) is 0 Å². The first-order chi connectivity index (χ1) is 7.81. The predicted molar refractivity (Wildman–Crippen MR) is 64.2 cm³/mol. The fourth-order valence-electron chi connectivity index (χ4n) is 1.27. The molecule has 1 N–H and O–H groups in total. The fraction of sp³-hybridized carbons (Fsp3) is 0.917. The standard InChI is InChI=1S/C12H24O5/c1-10(17-12(2,3)4)9-16-8-7-15-6-5-11(13)14/h10H,5-9H2,1-4H3,(H,13,14). The molecule has 1 unspecified atom stereocenters. The van der Waals surface area contributed by atoms with Gasteiger partial charge in [0.05, 0.1) is 44.6 Å². The molecule has 0 radical (unpaired) electrons. The maximum absolute atomic E-state index is 10.2. The van der Waals surface area contributed by atoms with E-state index in [0.29, 0.717) is 19.8 Å². The summed E-state index contributed by atoms with van der Waals surface area (Å²) in [5, 5.41) is 8.37. The third-order valence-corrected chi connectivity index (χ3v) is 1.74. The monoisotopic (exact) mass is 248 g/mol. The van der Waals surface area contributed by atoms with Gasteiger partial charge in [-0.15, -0.1) is 0 Å². The third-order valence-electron chi connectivity index (χ3n) is 1.74. The number of rotatable bonds is 9. The molecule has 5 nitrogen and oxygen atoms in total. The summed E-state index contributed by atoms with van der Waals surface area (Å²) in [6, 6.07) is 0. The molecule has 0 aromatic heterocycles. The van der Waals surface area contributed by atoms with E-state index in [-0.39, 0.29) is 24.7 Å². The summed E-state index contributed by atoms with van der Waals surface area (Å²) in [4.78, 5) is 10.2. The van der Waals surface area contributed by atoms with Gasteiger partial charge in [0.2, 0.25) is 0 Å². The molecule has 102 valence electrons. The highest BCUT2D eigenvalue weighted by atomic mass is 16.6. The molecule has 0 aromatic rings. The van der Waals surface area contributed by atoms with Crippen molar-refractivity contribution in [1.29, 1.82) is 0 Å². The van der Waals surface area contributed by atoms with Gasteiger partial charge in [0, 0.05) is 0 Å². The van der Waals surface area contributed by atoms with Crippen LogP contribution in [-0.2, 0) is 19.0 Å². The second-order valence-electron chi connectivity index (χ2n) is 4.87. The van der Waals surface area contributed by atoms with Gasteiger partial charge in [0.1, 0.15) is 0 Å². The Bertz CT molecular complexity index is 209. The van der Waals surface area contributed by atoms with Gasteiger partial charge in [0.25, 0.3) is 0 Å². The van der Waals surface area contributed by atoms with E-state index < -0.39 is 5.97 Å². The molecule has 0 spiro atoms. The molecule has 0 aliphatic carbocycles. The minimum absolute atomic E-state index is 0.0313. The van der Waals surface area contributed by atoms with Gasteiger partial charge >= 0.3 is 5.97 Å². The Morgan fingerprint density at radius 3 is 2.29 bits per heavy atom. The van der Waals surface area contributed by atoms with Crippen molar-refractivity contribution in [1.82, 2.24) is 0 Å². The summed E-state index contributed by atoms with van der Waals surface area (Å²) in [6.07, 6.45) is 0.0674. The molecule has 0 amide bonds. The molecule has 0 rings (SSSR count). The van der Waals surface area contributed by atoms with Crippen molar-refractivity contribution >= 4 is 5.97 Å². The van der Waals surface area contributed by atoms with Crippen LogP contribution in [0.5, 0.6) is 0 Å². The lowest BCUT2D eigenvalue weighted by Crippen LogP contribution is -2.29. The van der Waals surface area contributed by atoms with Gasteiger partial charge in [-0.3, -0.25) is 4.79 Å². The lowest BCUT2D eigenvalue weighted by molar-refractivity contribution is -0.138. The van der Waals surface area contributed by atoms with E-state index in [1.807, 2.05) is 27.7 Å². The number of ether oxygens (including phenoxy) is 3. The number of aliphatic carboxylic acids is 1. The van der Waals surface area contributed by atoms with Crippen molar-refractivity contribution in [3.63, 3.8) is 0 Å². The number of carboxylic acids is 1. The van der Waals surface area contributed by atoms with Crippen molar-refractivity contribution in [2.75, 3.05) is 26.4 Å². The highest BCUT2D eigenvalue weighted by molar-refractivity contribution is 5.66. The minimum Gasteiger partial charge on any atom is -0.481 e. The highest BCUT2D eigenvalue weighted by Crippen LogP contribution is 2.10. The van der Waals surface area contributed by atoms with Crippen LogP contribution in [0.1, 0.15) is 34.1 Å². The van der Waals surface area contributed by atoms with Gasteiger partial charge in [0.15, 0.2) is 0 Å². The molecule has 0 saturated heterocycles. The Labute approximate surface area is 103 Å². The fourth-order valence-corrected chi connectivity index (χ4v) is 1.27. The zero-order chi connectivity index (χ0) is 13.3. The summed E-state index contributed by atoms with van der Waals surface area (Å²) in [7, 11) is 0. The Kier molecular flexibility index (Phi) is 8.12. The van der Waals surface area contributed by atoms with Crippen LogP contribution >= 0.6 is 0 Å². The second kappa shape index (κ2) is 8.44. The SMILES string of the molecule is CC(COCCOCCC(=O)O)OC(C)(C)C. The molecular weight excluding hydrogens is 224 g/mol. The van der Waals surface area contributed by atoms with Gasteiger partial charge in [-0.1, -0.05) is 0 Å². The van der Waals surface area contributed by atoms with Crippen LogP contribution in [0.15, 0.2) is 0 Å². The lowest BCUT2D eigenvalue weighted by Gasteiger charge is -2.24. The summed E-state index contributed by atoms with van der Waals surface area (Å²) in [5.74, 6) is -0.849. The zero-order valence-corrected chi connectivity index (χ0v) is 11.2. The van der Waals surface area contributed by atoms with Crippen molar-refractivity contribution in [2.24, 2.45) is 0 Å². The summed E-state index contributed by atoms with van der Waals surface area (Å²) in [5.41, 5.74) is -0.166. The van der Waals surface area contributed by atoms with Crippen LogP contribution in [0.4, 0.5) is 0 Å². The van der Waals surface area contributed by atoms with E-state index in [1.54, 1.807) is 0 Å². The van der Waals surface area contributed by atoms with Gasteiger partial charge in [-0.25, -0.2) is 0 Å². The maximum atomic E-state index is 10.2. The van der Waals surface area contributed by atoms with E-state index in [0.717, 1.165) is 0 Å². The topological polar surface area (TPSA) is 65.0 Å². The smallest absolute Gasteiger partial charge is 0.305 e. The second-order valence-corrected chi connectivity index (χ2v) is 4.87. The molecule has 0 aromatic carbocycles. The van der Waals surface area contributed by atoms with Crippen LogP contribution in [0.3, 0.4) is 0 Å². The van der Waals surface area contributed by atoms with Crippen LogP contribution < -0.4 is 0 Å². The average Bonchev–Trinajstić information content (AvgIpc) is 2.12. The first kappa shape index (κ1) is 16.4. The normalized spacial score (nSPS) is 13.6. The highest BCUT2D eigenvalue weighted by Gasteiger charge is 2.14. The molecule has 0 heterocycles. The zero-order valence-electron chi connectivity index (χ0n) is 11.2. The van der Waals surface area contributed by atoms with Crippen molar-refractivity contribution < 1.29 is 24.1 Å². The van der Waals surface area contributed by atoms with Gasteiger partial charge < -0.3 is 19.3 Å². The molecule has 0 bridgehead atoms. The van der Waals surface area contributed by atoms with Crippen molar-refractivity contribution in [3.8, 4) is 0 Å². The van der Waals surface area contributed by atoms with Crippen LogP contribution in [0.25, 0.3) is 0 Å². The Hall–Kier alpha value is -0.650. The van der Waals surface area contributed by atoms with Crippen LogP contribution in [0, 0.1) is 0 Å². The molecule has 5 heteroatoms. The molecule has 0 saturated carbocycles. The van der Waals surface area contributed by atoms with E-state index in [2.05, 4.69) is 0 Å². The summed E-state index contributed by atoms with van der Waals surface area (Å²) in [6.45, 7) is 9.56. The number of carbonyl (C=O) groups is 1. The van der Waals surface area contributed by atoms with E-state index >= 15 is 0 Å². The molecule has 0 aliphatic rings. The third kappa shape index (κ3) is 13.3. The number of hydrogen-bond donors (Lipinski definition) is 1. The lowest BCUT2D eigenvalue weighted by atomic mass is 10.2. The first-order valence-electron chi connectivity index (χ1n) is 5.86. The van der Waals surface area contributed by atoms with Gasteiger partial charge in [-0.05, 0) is 27.7 Å². The van der Waals surface area contributed by atoms with Crippen molar-refractivity contribution in [2.45, 2.75) is 45.8 Å². The molecule has 17 heavy (non-hydrogen) atoms. The largest absolute Gasteiger partial charge is 0.481 e. The molecular formula is C12H24O5. The molecule has 0 aliphatic heterocycles. The van der Waals surface area contributed by atoms with Crippen molar-refractivity contribution in [3.05, 3.63) is 0 Å². The minimum atomic E-state index is -0.849. The van der Waals surface area contributed by atoms with E-state index in [4.69, 9.17) is 19.3 Å². The number of carboxylic acid groups (broad SMARTS) is 1. The summed E-state index contributed by atoms with van der Waals surface area (Å²) < 4.78 is 16.1. The Morgan fingerprint density at radius 1 is 1.18 bits per heavy atom. The van der Waals surface area contributed by atoms with E-state index in [1.165, 1.54) is 0 Å². The predicted octanol–water partition coefficient (Wildman–Crippen LogP) is 1.70. The number of hydrogen-bond acceptors (Lipinski definition) is 4. The summed E-state index contributed by atoms with van der Waals surface area (Å²) >= 11 is 0. The first-order valence-corrected chi connectivity index (χ1v) is 5.86. The molecule has 1 atom stereocenters. The maximum Gasteiger partial charge on any atom is 0.305 e.